The second kappa shape index (κ2) is 7.25. The van der Waals surface area contributed by atoms with E-state index in [0.717, 1.165) is 24.9 Å². The number of hydrogen-bond acceptors (Lipinski definition) is 3. The third-order valence-electron chi connectivity index (χ3n) is 2.87. The van der Waals surface area contributed by atoms with Gasteiger partial charge in [0.15, 0.2) is 0 Å². The van der Waals surface area contributed by atoms with Crippen molar-refractivity contribution in [1.29, 1.82) is 0 Å². The Kier molecular flexibility index (Phi) is 5.64. The molecule has 0 bridgehead atoms. The zero-order chi connectivity index (χ0) is 13.7. The van der Waals surface area contributed by atoms with Crippen molar-refractivity contribution < 1.29 is 0 Å². The molecule has 2 nitrogen and oxygen atoms in total. The molecule has 2 rings (SSSR count). The van der Waals surface area contributed by atoms with Crippen LogP contribution in [0.25, 0.3) is 0 Å². The van der Waals surface area contributed by atoms with E-state index in [9.17, 15) is 0 Å². The van der Waals surface area contributed by atoms with Crippen LogP contribution in [-0.2, 0) is 6.42 Å². The van der Waals surface area contributed by atoms with Gasteiger partial charge in [-0.1, -0.05) is 36.2 Å². The molecule has 19 heavy (non-hydrogen) atoms. The summed E-state index contributed by atoms with van der Waals surface area (Å²) >= 11 is 13.9. The molecule has 1 aromatic carbocycles. The highest BCUT2D eigenvalue weighted by atomic mass is 35.5. The number of aromatic nitrogens is 1. The molecule has 1 aromatic heterocycles. The van der Waals surface area contributed by atoms with Gasteiger partial charge in [0, 0.05) is 33.6 Å². The van der Waals surface area contributed by atoms with Crippen molar-refractivity contribution >= 4 is 34.5 Å². The van der Waals surface area contributed by atoms with Gasteiger partial charge in [-0.05, 0) is 30.7 Å². The second-order valence-electron chi connectivity index (χ2n) is 4.34. The molecule has 0 fully saturated rings. The highest BCUT2D eigenvalue weighted by Gasteiger charge is 2.15. The van der Waals surface area contributed by atoms with Crippen LogP contribution in [0.15, 0.2) is 29.9 Å². The monoisotopic (exact) mass is 314 g/mol. The molecule has 0 aliphatic rings. The molecular formula is C14H16Cl2N2S. The zero-order valence-corrected chi connectivity index (χ0v) is 13.0. The quantitative estimate of drug-likeness (QED) is 0.833. The van der Waals surface area contributed by atoms with E-state index in [1.807, 2.05) is 23.8 Å². The highest BCUT2D eigenvalue weighted by Crippen LogP contribution is 2.29. The van der Waals surface area contributed by atoms with Crippen LogP contribution in [0, 0.1) is 0 Å². The van der Waals surface area contributed by atoms with Gasteiger partial charge in [-0.3, -0.25) is 4.98 Å². The van der Waals surface area contributed by atoms with Gasteiger partial charge in [0.05, 0.1) is 5.51 Å². The van der Waals surface area contributed by atoms with Crippen molar-refractivity contribution in [2.45, 2.75) is 25.8 Å². The average Bonchev–Trinajstić information content (AvgIpc) is 2.88. The number of thiazole rings is 1. The Morgan fingerprint density at radius 3 is 2.84 bits per heavy atom. The first kappa shape index (κ1) is 14.8. The predicted octanol–water partition coefficient (Wildman–Crippen LogP) is 4.73. The maximum Gasteiger partial charge on any atom is 0.0794 e. The van der Waals surface area contributed by atoms with Crippen LogP contribution < -0.4 is 5.32 Å². The van der Waals surface area contributed by atoms with Crippen molar-refractivity contribution in [3.05, 3.63) is 50.4 Å². The van der Waals surface area contributed by atoms with Crippen LogP contribution in [-0.4, -0.2) is 11.5 Å². The van der Waals surface area contributed by atoms with Crippen molar-refractivity contribution in [1.82, 2.24) is 10.3 Å². The summed E-state index contributed by atoms with van der Waals surface area (Å²) in [7, 11) is 0. The molecule has 1 unspecified atom stereocenters. The summed E-state index contributed by atoms with van der Waals surface area (Å²) in [6, 6.07) is 5.88. The highest BCUT2D eigenvalue weighted by molar-refractivity contribution is 7.09. The normalized spacial score (nSPS) is 12.6. The summed E-state index contributed by atoms with van der Waals surface area (Å²) in [6.45, 7) is 3.11. The van der Waals surface area contributed by atoms with Gasteiger partial charge < -0.3 is 5.32 Å². The average molecular weight is 315 g/mol. The Hall–Kier alpha value is -0.610. The molecule has 1 atom stereocenters. The Morgan fingerprint density at radius 2 is 2.21 bits per heavy atom. The molecule has 1 N–H and O–H groups in total. The van der Waals surface area contributed by atoms with Gasteiger partial charge in [0.25, 0.3) is 0 Å². The van der Waals surface area contributed by atoms with E-state index < -0.39 is 0 Å². The SMILES string of the molecule is CCCNC(Cc1cncs1)c1ccc(Cl)cc1Cl. The van der Waals surface area contributed by atoms with Crippen molar-refractivity contribution in [3.8, 4) is 0 Å². The zero-order valence-electron chi connectivity index (χ0n) is 10.7. The summed E-state index contributed by atoms with van der Waals surface area (Å²) < 4.78 is 0. The van der Waals surface area contributed by atoms with Gasteiger partial charge in [0.2, 0.25) is 0 Å². The first-order valence-corrected chi connectivity index (χ1v) is 7.90. The van der Waals surface area contributed by atoms with Crippen LogP contribution in [0.3, 0.4) is 0 Å². The lowest BCUT2D eigenvalue weighted by Crippen LogP contribution is -2.24. The molecule has 5 heteroatoms. The van der Waals surface area contributed by atoms with Gasteiger partial charge in [-0.15, -0.1) is 11.3 Å². The molecular weight excluding hydrogens is 299 g/mol. The first-order chi connectivity index (χ1) is 9.20. The number of nitrogens with one attached hydrogen (secondary N) is 1. The molecule has 1 heterocycles. The fraction of sp³-hybridized carbons (Fsp3) is 0.357. The van der Waals surface area contributed by atoms with E-state index >= 15 is 0 Å². The topological polar surface area (TPSA) is 24.9 Å². The molecule has 0 aliphatic heterocycles. The number of nitrogens with zero attached hydrogens (tertiary/aromatic N) is 1. The lowest BCUT2D eigenvalue weighted by molar-refractivity contribution is 0.532. The summed E-state index contributed by atoms with van der Waals surface area (Å²) in [5, 5.41) is 4.92. The van der Waals surface area contributed by atoms with Crippen LogP contribution in [0.2, 0.25) is 10.0 Å². The van der Waals surface area contributed by atoms with Crippen molar-refractivity contribution in [2.24, 2.45) is 0 Å². The minimum Gasteiger partial charge on any atom is -0.310 e. The summed E-state index contributed by atoms with van der Waals surface area (Å²) in [6.07, 6.45) is 3.89. The summed E-state index contributed by atoms with van der Waals surface area (Å²) in [5.74, 6) is 0. The third-order valence-corrected chi connectivity index (χ3v) is 4.23. The van der Waals surface area contributed by atoms with E-state index in [1.165, 1.54) is 4.88 Å². The first-order valence-electron chi connectivity index (χ1n) is 6.26. The fourth-order valence-electron chi connectivity index (χ4n) is 1.94. The van der Waals surface area contributed by atoms with Crippen LogP contribution >= 0.6 is 34.5 Å². The Morgan fingerprint density at radius 1 is 1.37 bits per heavy atom. The maximum absolute atomic E-state index is 6.31. The van der Waals surface area contributed by atoms with E-state index in [2.05, 4.69) is 17.2 Å². The van der Waals surface area contributed by atoms with Crippen LogP contribution in [0.5, 0.6) is 0 Å². The van der Waals surface area contributed by atoms with E-state index in [0.29, 0.717) is 10.0 Å². The smallest absolute Gasteiger partial charge is 0.0794 e. The molecule has 0 aliphatic carbocycles. The molecule has 102 valence electrons. The van der Waals surface area contributed by atoms with Gasteiger partial charge in [0.1, 0.15) is 0 Å². The van der Waals surface area contributed by atoms with E-state index in [-0.39, 0.29) is 6.04 Å². The standard InChI is InChI=1S/C14H16Cl2N2S/c1-2-5-18-14(7-11-8-17-9-19-11)12-4-3-10(15)6-13(12)16/h3-4,6,8-9,14,18H,2,5,7H2,1H3. The Balaban J connectivity index is 2.20. The second-order valence-corrected chi connectivity index (χ2v) is 6.16. The molecule has 0 amide bonds. The Labute approximate surface area is 127 Å². The van der Waals surface area contributed by atoms with Gasteiger partial charge in [-0.2, -0.15) is 0 Å². The van der Waals surface area contributed by atoms with Gasteiger partial charge >= 0.3 is 0 Å². The third kappa shape index (κ3) is 4.18. The summed E-state index contributed by atoms with van der Waals surface area (Å²) in [4.78, 5) is 5.37. The molecule has 0 saturated heterocycles. The molecule has 0 radical (unpaired) electrons. The lowest BCUT2D eigenvalue weighted by Gasteiger charge is -2.19. The molecule has 0 saturated carbocycles. The minimum atomic E-state index is 0.199. The number of benzene rings is 1. The number of halogens is 2. The number of rotatable bonds is 6. The lowest BCUT2D eigenvalue weighted by atomic mass is 10.0. The van der Waals surface area contributed by atoms with Crippen LogP contribution in [0.1, 0.15) is 29.8 Å². The van der Waals surface area contributed by atoms with E-state index in [4.69, 9.17) is 23.2 Å². The fourth-order valence-corrected chi connectivity index (χ4v) is 3.12. The number of hydrogen-bond donors (Lipinski definition) is 1. The largest absolute Gasteiger partial charge is 0.310 e. The van der Waals surface area contributed by atoms with Crippen LogP contribution in [0.4, 0.5) is 0 Å². The molecule has 0 spiro atoms. The maximum atomic E-state index is 6.31. The summed E-state index contributed by atoms with van der Waals surface area (Å²) in [5.41, 5.74) is 2.95. The van der Waals surface area contributed by atoms with Crippen molar-refractivity contribution in [2.75, 3.05) is 6.54 Å². The predicted molar refractivity (Wildman–Crippen MR) is 83.3 cm³/mol. The van der Waals surface area contributed by atoms with E-state index in [1.54, 1.807) is 17.4 Å². The van der Waals surface area contributed by atoms with Crippen molar-refractivity contribution in [3.63, 3.8) is 0 Å². The molecule has 2 aromatic rings. The van der Waals surface area contributed by atoms with Gasteiger partial charge in [-0.25, -0.2) is 0 Å². The Bertz CT molecular complexity index is 514. The minimum absolute atomic E-state index is 0.199.